The molecule has 5 nitrogen and oxygen atoms in total. The average molecular weight is 473 g/mol. The van der Waals surface area contributed by atoms with Gasteiger partial charge in [-0.25, -0.2) is 4.79 Å². The minimum Gasteiger partial charge on any atom is -0.433 e. The van der Waals surface area contributed by atoms with Gasteiger partial charge in [0.25, 0.3) is 5.91 Å². The summed E-state index contributed by atoms with van der Waals surface area (Å²) >= 11 is 1.62. The standard InChI is InChI=1S/C28H28N2O3S/c1-20(22-13-7-4-8-14-22)30-26(31)28(2,17-23-19-34-25-16-10-9-15-24(23)25)33-27(32)29-18-21-11-5-3-6-12-21/h3-16,19-20H,17-18H2,1-2H3,(H,29,32)(H,30,31). The summed E-state index contributed by atoms with van der Waals surface area (Å²) in [6.07, 6.45) is -0.364. The van der Waals surface area contributed by atoms with E-state index in [1.54, 1.807) is 18.3 Å². The first-order valence-corrected chi connectivity index (χ1v) is 12.1. The lowest BCUT2D eigenvalue weighted by Gasteiger charge is -2.30. The van der Waals surface area contributed by atoms with Gasteiger partial charge >= 0.3 is 6.09 Å². The van der Waals surface area contributed by atoms with Gasteiger partial charge in [0.1, 0.15) is 0 Å². The van der Waals surface area contributed by atoms with Crippen molar-refractivity contribution in [2.75, 3.05) is 0 Å². The van der Waals surface area contributed by atoms with Crippen LogP contribution in [0.4, 0.5) is 4.79 Å². The van der Waals surface area contributed by atoms with Gasteiger partial charge in [0.05, 0.1) is 6.04 Å². The van der Waals surface area contributed by atoms with E-state index >= 15 is 0 Å². The average Bonchev–Trinajstić information content (AvgIpc) is 3.26. The van der Waals surface area contributed by atoms with Crippen LogP contribution in [0, 0.1) is 0 Å². The first-order valence-electron chi connectivity index (χ1n) is 11.3. The molecule has 6 heteroatoms. The zero-order valence-electron chi connectivity index (χ0n) is 19.3. The SMILES string of the molecule is CC(NC(=O)C(C)(Cc1csc2ccccc12)OC(=O)NCc1ccccc1)c1ccccc1. The zero-order valence-corrected chi connectivity index (χ0v) is 20.1. The second-order valence-corrected chi connectivity index (χ2v) is 9.41. The third-order valence-electron chi connectivity index (χ3n) is 5.81. The minimum absolute atomic E-state index is 0.233. The van der Waals surface area contributed by atoms with Gasteiger partial charge in [-0.15, -0.1) is 11.3 Å². The van der Waals surface area contributed by atoms with Crippen LogP contribution >= 0.6 is 11.3 Å². The van der Waals surface area contributed by atoms with E-state index in [0.29, 0.717) is 6.54 Å². The van der Waals surface area contributed by atoms with Gasteiger partial charge in [-0.1, -0.05) is 78.9 Å². The van der Waals surface area contributed by atoms with Crippen LogP contribution in [0.25, 0.3) is 10.1 Å². The maximum atomic E-state index is 13.5. The number of alkyl carbamates (subject to hydrolysis) is 1. The molecule has 0 saturated heterocycles. The maximum absolute atomic E-state index is 13.5. The highest BCUT2D eigenvalue weighted by atomic mass is 32.1. The number of fused-ring (bicyclic) bond motifs is 1. The highest BCUT2D eigenvalue weighted by Crippen LogP contribution is 2.30. The van der Waals surface area contributed by atoms with Crippen LogP contribution in [-0.2, 0) is 22.5 Å². The molecular weight excluding hydrogens is 444 g/mol. The van der Waals surface area contributed by atoms with Crippen molar-refractivity contribution in [2.45, 2.75) is 38.5 Å². The first kappa shape index (κ1) is 23.5. The van der Waals surface area contributed by atoms with Gasteiger partial charge < -0.3 is 15.4 Å². The predicted molar refractivity (Wildman–Crippen MR) is 137 cm³/mol. The number of carbonyl (C=O) groups is 2. The van der Waals surface area contributed by atoms with E-state index in [2.05, 4.69) is 10.6 Å². The lowest BCUT2D eigenvalue weighted by atomic mass is 9.94. The van der Waals surface area contributed by atoms with Crippen molar-refractivity contribution in [3.05, 3.63) is 107 Å². The van der Waals surface area contributed by atoms with E-state index in [0.717, 1.165) is 26.8 Å². The Morgan fingerprint density at radius 3 is 2.32 bits per heavy atom. The number of nitrogens with one attached hydrogen (secondary N) is 2. The van der Waals surface area contributed by atoms with E-state index in [-0.39, 0.29) is 18.4 Å². The topological polar surface area (TPSA) is 67.4 Å². The smallest absolute Gasteiger partial charge is 0.408 e. The van der Waals surface area contributed by atoms with Gasteiger partial charge in [-0.05, 0) is 47.4 Å². The number of amides is 2. The Bertz CT molecular complexity index is 1260. The number of rotatable bonds is 8. The normalized spacial score (nSPS) is 13.6. The van der Waals surface area contributed by atoms with E-state index < -0.39 is 11.7 Å². The predicted octanol–water partition coefficient (Wildman–Crippen LogP) is 6.01. The van der Waals surface area contributed by atoms with Crippen LogP contribution in [0.3, 0.4) is 0 Å². The monoisotopic (exact) mass is 472 g/mol. The Kier molecular flexibility index (Phi) is 7.28. The number of hydrogen-bond donors (Lipinski definition) is 2. The highest BCUT2D eigenvalue weighted by molar-refractivity contribution is 7.17. The van der Waals surface area contributed by atoms with Crippen molar-refractivity contribution >= 4 is 33.4 Å². The van der Waals surface area contributed by atoms with Gasteiger partial charge in [-0.3, -0.25) is 4.79 Å². The van der Waals surface area contributed by atoms with Crippen LogP contribution in [0.1, 0.15) is 36.6 Å². The molecule has 0 aliphatic heterocycles. The molecule has 0 aliphatic rings. The molecule has 0 aliphatic carbocycles. The Balaban J connectivity index is 1.54. The van der Waals surface area contributed by atoms with Crippen molar-refractivity contribution in [3.8, 4) is 0 Å². The summed E-state index contributed by atoms with van der Waals surface area (Å²) in [6, 6.07) is 27.1. The number of thiophene rings is 1. The lowest BCUT2D eigenvalue weighted by Crippen LogP contribution is -2.51. The molecule has 0 bridgehead atoms. The third kappa shape index (κ3) is 5.64. The second-order valence-electron chi connectivity index (χ2n) is 8.50. The Labute approximate surface area is 203 Å². The fourth-order valence-electron chi connectivity index (χ4n) is 3.88. The summed E-state index contributed by atoms with van der Waals surface area (Å²) < 4.78 is 6.95. The first-order chi connectivity index (χ1) is 16.4. The summed E-state index contributed by atoms with van der Waals surface area (Å²) in [5, 5.41) is 8.90. The van der Waals surface area contributed by atoms with Crippen molar-refractivity contribution in [3.63, 3.8) is 0 Å². The summed E-state index contributed by atoms with van der Waals surface area (Å²) in [6.45, 7) is 3.91. The summed E-state index contributed by atoms with van der Waals surface area (Å²) in [5.41, 5.74) is 1.51. The fourth-order valence-corrected chi connectivity index (χ4v) is 4.84. The van der Waals surface area contributed by atoms with Gasteiger partial charge in [0.2, 0.25) is 0 Å². The maximum Gasteiger partial charge on any atom is 0.408 e. The highest BCUT2D eigenvalue weighted by Gasteiger charge is 2.39. The Morgan fingerprint density at radius 1 is 0.941 bits per heavy atom. The van der Waals surface area contributed by atoms with Gasteiger partial charge in [0, 0.05) is 17.7 Å². The molecule has 0 radical (unpaired) electrons. The lowest BCUT2D eigenvalue weighted by molar-refractivity contribution is -0.139. The molecule has 4 aromatic rings. The number of ether oxygens (including phenoxy) is 1. The second kappa shape index (κ2) is 10.5. The molecule has 2 amide bonds. The summed E-state index contributed by atoms with van der Waals surface area (Å²) in [5.74, 6) is -0.339. The van der Waals surface area contributed by atoms with Gasteiger partial charge in [-0.2, -0.15) is 0 Å². The molecule has 1 heterocycles. The van der Waals surface area contributed by atoms with Crippen molar-refractivity contribution in [1.29, 1.82) is 0 Å². The van der Waals surface area contributed by atoms with Crippen LogP contribution in [0.2, 0.25) is 0 Å². The molecule has 0 saturated carbocycles. The summed E-state index contributed by atoms with van der Waals surface area (Å²) in [7, 11) is 0. The van der Waals surface area contributed by atoms with Crippen LogP contribution in [-0.4, -0.2) is 17.6 Å². The van der Waals surface area contributed by atoms with E-state index in [4.69, 9.17) is 4.74 Å². The quantitative estimate of drug-likeness (QED) is 0.330. The Hall–Kier alpha value is -3.64. The largest absolute Gasteiger partial charge is 0.433 e. The molecule has 2 atom stereocenters. The van der Waals surface area contributed by atoms with E-state index in [1.165, 1.54) is 0 Å². The van der Waals surface area contributed by atoms with E-state index in [1.807, 2.05) is 97.2 Å². The Morgan fingerprint density at radius 2 is 1.59 bits per heavy atom. The van der Waals surface area contributed by atoms with Crippen molar-refractivity contribution in [2.24, 2.45) is 0 Å². The minimum atomic E-state index is -1.40. The van der Waals surface area contributed by atoms with E-state index in [9.17, 15) is 9.59 Å². The molecule has 3 aromatic carbocycles. The molecule has 2 N–H and O–H groups in total. The summed E-state index contributed by atoms with van der Waals surface area (Å²) in [4.78, 5) is 26.3. The van der Waals surface area contributed by atoms with Crippen LogP contribution in [0.5, 0.6) is 0 Å². The van der Waals surface area contributed by atoms with Crippen molar-refractivity contribution < 1.29 is 14.3 Å². The van der Waals surface area contributed by atoms with Gasteiger partial charge in [0.15, 0.2) is 5.60 Å². The molecule has 0 fully saturated rings. The number of hydrogen-bond acceptors (Lipinski definition) is 4. The molecule has 0 spiro atoms. The molecule has 174 valence electrons. The number of carbonyl (C=O) groups excluding carboxylic acids is 2. The number of benzene rings is 3. The van der Waals surface area contributed by atoms with Crippen LogP contribution < -0.4 is 10.6 Å². The molecule has 1 aromatic heterocycles. The molecule has 4 rings (SSSR count). The molecule has 2 unspecified atom stereocenters. The molecular formula is C28H28N2O3S. The van der Waals surface area contributed by atoms with Crippen LogP contribution in [0.15, 0.2) is 90.3 Å². The fraction of sp³-hybridized carbons (Fsp3) is 0.214. The van der Waals surface area contributed by atoms with Crippen molar-refractivity contribution in [1.82, 2.24) is 10.6 Å². The third-order valence-corrected chi connectivity index (χ3v) is 6.83. The zero-order chi connectivity index (χ0) is 24.0. The molecule has 34 heavy (non-hydrogen) atoms.